The van der Waals surface area contributed by atoms with Crippen LogP contribution in [-0.4, -0.2) is 15.0 Å². The molecule has 0 atom stereocenters. The summed E-state index contributed by atoms with van der Waals surface area (Å²) in [4.78, 5) is 15.2. The number of hydrogen-bond donors (Lipinski definition) is 0. The molecule has 0 N–H and O–H groups in total. The second-order valence-electron chi connectivity index (χ2n) is 14.0. The summed E-state index contributed by atoms with van der Waals surface area (Å²) in [6.07, 6.45) is 0. The minimum absolute atomic E-state index is 0.637. The maximum absolute atomic E-state index is 6.27. The lowest BCUT2D eigenvalue weighted by atomic mass is 9.95. The SMILES string of the molecule is c1ccc(-c2cccc(-c3ccc(-c4nc(-c5ccccc5)nc(-c5ccc6c(c5)sc5cccc(-c7cccc8oc9ccccc9c78)c56)n4)cc3)c2)cc1. The standard InChI is InChI=1S/C51H31N3OS/c1-3-12-32(13-4-1)36-16-9-17-37(30-36)33-24-26-35(27-25-33)50-52-49(34-14-5-2-6-15-34)53-51(54-50)38-28-29-42-46(31-38)56-45-23-11-20-40(48(42)45)39-19-10-22-44-47(39)41-18-7-8-21-43(41)55-44/h1-31H. The van der Waals surface area contributed by atoms with Crippen molar-refractivity contribution in [2.45, 2.75) is 0 Å². The number of aromatic nitrogens is 3. The summed E-state index contributed by atoms with van der Waals surface area (Å²) in [5, 5.41) is 4.72. The normalized spacial score (nSPS) is 11.6. The van der Waals surface area contributed by atoms with Gasteiger partial charge in [0.15, 0.2) is 17.5 Å². The number of benzene rings is 8. The van der Waals surface area contributed by atoms with Gasteiger partial charge in [0, 0.05) is 47.6 Å². The van der Waals surface area contributed by atoms with E-state index in [0.29, 0.717) is 17.5 Å². The van der Waals surface area contributed by atoms with E-state index in [9.17, 15) is 0 Å². The molecule has 262 valence electrons. The molecule has 0 saturated heterocycles. The highest BCUT2D eigenvalue weighted by Gasteiger charge is 2.18. The van der Waals surface area contributed by atoms with Crippen molar-refractivity contribution in [1.29, 1.82) is 0 Å². The van der Waals surface area contributed by atoms with Crippen LogP contribution >= 0.6 is 11.3 Å². The first-order chi connectivity index (χ1) is 27.7. The van der Waals surface area contributed by atoms with E-state index in [4.69, 9.17) is 19.4 Å². The molecule has 3 aromatic heterocycles. The first-order valence-corrected chi connectivity index (χ1v) is 19.5. The van der Waals surface area contributed by atoms with E-state index >= 15 is 0 Å². The van der Waals surface area contributed by atoms with Crippen LogP contribution in [0.25, 0.3) is 110 Å². The Kier molecular flexibility index (Phi) is 7.64. The molecule has 0 spiro atoms. The molecule has 0 bridgehead atoms. The molecule has 56 heavy (non-hydrogen) atoms. The van der Waals surface area contributed by atoms with Gasteiger partial charge in [0.25, 0.3) is 0 Å². The van der Waals surface area contributed by atoms with Gasteiger partial charge in [-0.05, 0) is 63.7 Å². The van der Waals surface area contributed by atoms with Crippen LogP contribution in [-0.2, 0) is 0 Å². The molecule has 3 heterocycles. The van der Waals surface area contributed by atoms with Crippen molar-refractivity contribution in [2.75, 3.05) is 0 Å². The van der Waals surface area contributed by atoms with E-state index < -0.39 is 0 Å². The Bertz CT molecular complexity index is 3240. The fourth-order valence-corrected chi connectivity index (χ4v) is 9.03. The molecule has 0 saturated carbocycles. The number of rotatable bonds is 6. The van der Waals surface area contributed by atoms with Crippen LogP contribution in [0.5, 0.6) is 0 Å². The Morgan fingerprint density at radius 2 is 0.839 bits per heavy atom. The highest BCUT2D eigenvalue weighted by Crippen LogP contribution is 2.44. The molecule has 11 rings (SSSR count). The van der Waals surface area contributed by atoms with Gasteiger partial charge in [-0.25, -0.2) is 15.0 Å². The zero-order valence-electron chi connectivity index (χ0n) is 30.1. The van der Waals surface area contributed by atoms with Crippen molar-refractivity contribution in [3.05, 3.63) is 188 Å². The third-order valence-corrected chi connectivity index (χ3v) is 11.7. The monoisotopic (exact) mass is 733 g/mol. The van der Waals surface area contributed by atoms with E-state index in [-0.39, 0.29) is 0 Å². The van der Waals surface area contributed by atoms with Crippen molar-refractivity contribution in [3.8, 4) is 67.5 Å². The summed E-state index contributed by atoms with van der Waals surface area (Å²) in [7, 11) is 0. The lowest BCUT2D eigenvalue weighted by molar-refractivity contribution is 0.669. The van der Waals surface area contributed by atoms with Crippen molar-refractivity contribution < 1.29 is 4.42 Å². The molecule has 0 radical (unpaired) electrons. The van der Waals surface area contributed by atoms with Crippen LogP contribution in [0.15, 0.2) is 192 Å². The zero-order valence-corrected chi connectivity index (χ0v) is 30.9. The molecule has 0 fully saturated rings. The average molecular weight is 734 g/mol. The van der Waals surface area contributed by atoms with Crippen LogP contribution in [0.2, 0.25) is 0 Å². The molecule has 11 aromatic rings. The summed E-state index contributed by atoms with van der Waals surface area (Å²) in [6.45, 7) is 0. The molecule has 0 aliphatic heterocycles. The number of para-hydroxylation sites is 1. The third-order valence-electron chi connectivity index (χ3n) is 10.6. The van der Waals surface area contributed by atoms with Crippen LogP contribution in [0.3, 0.4) is 0 Å². The van der Waals surface area contributed by atoms with Gasteiger partial charge in [0.1, 0.15) is 11.2 Å². The van der Waals surface area contributed by atoms with Crippen molar-refractivity contribution >= 4 is 53.4 Å². The second-order valence-corrected chi connectivity index (χ2v) is 15.0. The van der Waals surface area contributed by atoms with E-state index in [0.717, 1.165) is 49.8 Å². The number of nitrogens with zero attached hydrogens (tertiary/aromatic N) is 3. The summed E-state index contributed by atoms with van der Waals surface area (Å²) in [6, 6.07) is 65.7. The van der Waals surface area contributed by atoms with E-state index in [1.54, 1.807) is 11.3 Å². The predicted molar refractivity (Wildman–Crippen MR) is 233 cm³/mol. The molecule has 5 heteroatoms. The maximum Gasteiger partial charge on any atom is 0.164 e. The summed E-state index contributed by atoms with van der Waals surface area (Å²) in [5.41, 5.74) is 11.7. The first-order valence-electron chi connectivity index (χ1n) is 18.7. The number of thiophene rings is 1. The Balaban J connectivity index is 1.01. The Labute approximate surface area is 327 Å². The van der Waals surface area contributed by atoms with Crippen LogP contribution in [0.4, 0.5) is 0 Å². The van der Waals surface area contributed by atoms with Gasteiger partial charge >= 0.3 is 0 Å². The molecule has 0 unspecified atom stereocenters. The van der Waals surface area contributed by atoms with Gasteiger partial charge < -0.3 is 4.42 Å². The number of furan rings is 1. The summed E-state index contributed by atoms with van der Waals surface area (Å²) < 4.78 is 8.68. The molecule has 0 amide bonds. The highest BCUT2D eigenvalue weighted by molar-refractivity contribution is 7.26. The fourth-order valence-electron chi connectivity index (χ4n) is 7.86. The molecule has 0 aliphatic rings. The van der Waals surface area contributed by atoms with Crippen LogP contribution in [0, 0.1) is 0 Å². The predicted octanol–water partition coefficient (Wildman–Crippen LogP) is 14.1. The van der Waals surface area contributed by atoms with Gasteiger partial charge in [-0.3, -0.25) is 0 Å². The largest absolute Gasteiger partial charge is 0.456 e. The van der Waals surface area contributed by atoms with Gasteiger partial charge in [-0.1, -0.05) is 158 Å². The van der Waals surface area contributed by atoms with E-state index in [1.807, 2.05) is 48.5 Å². The average Bonchev–Trinajstić information content (AvgIpc) is 3.85. The zero-order chi connectivity index (χ0) is 37.0. The lowest BCUT2D eigenvalue weighted by Crippen LogP contribution is -2.00. The topological polar surface area (TPSA) is 51.8 Å². The number of fused-ring (bicyclic) bond motifs is 6. The van der Waals surface area contributed by atoms with Crippen molar-refractivity contribution in [3.63, 3.8) is 0 Å². The van der Waals surface area contributed by atoms with Gasteiger partial charge in [-0.2, -0.15) is 0 Å². The Hall–Kier alpha value is -7.21. The lowest BCUT2D eigenvalue weighted by Gasteiger charge is -2.10. The first kappa shape index (κ1) is 32.2. The molecule has 4 nitrogen and oxygen atoms in total. The smallest absolute Gasteiger partial charge is 0.164 e. The van der Waals surface area contributed by atoms with E-state index in [1.165, 1.54) is 42.4 Å². The molecular weight excluding hydrogens is 703 g/mol. The highest BCUT2D eigenvalue weighted by atomic mass is 32.1. The summed E-state index contributed by atoms with van der Waals surface area (Å²) >= 11 is 1.80. The van der Waals surface area contributed by atoms with E-state index in [2.05, 4.69) is 140 Å². The fraction of sp³-hybridized carbons (Fsp3) is 0. The quantitative estimate of drug-likeness (QED) is 0.171. The Morgan fingerprint density at radius 3 is 1.59 bits per heavy atom. The Morgan fingerprint density at radius 1 is 0.321 bits per heavy atom. The molecular formula is C51H31N3OS. The summed E-state index contributed by atoms with van der Waals surface area (Å²) in [5.74, 6) is 1.92. The van der Waals surface area contributed by atoms with Crippen LogP contribution in [0.1, 0.15) is 0 Å². The van der Waals surface area contributed by atoms with Crippen molar-refractivity contribution in [1.82, 2.24) is 15.0 Å². The van der Waals surface area contributed by atoms with Gasteiger partial charge in [-0.15, -0.1) is 11.3 Å². The van der Waals surface area contributed by atoms with Gasteiger partial charge in [0.2, 0.25) is 0 Å². The van der Waals surface area contributed by atoms with Crippen molar-refractivity contribution in [2.24, 2.45) is 0 Å². The van der Waals surface area contributed by atoms with Gasteiger partial charge in [0.05, 0.1) is 0 Å². The second kappa shape index (κ2) is 13.3. The maximum atomic E-state index is 6.27. The molecule has 0 aliphatic carbocycles. The minimum atomic E-state index is 0.637. The molecule has 8 aromatic carbocycles. The third kappa shape index (κ3) is 5.56. The number of hydrogen-bond acceptors (Lipinski definition) is 5. The van der Waals surface area contributed by atoms with Crippen LogP contribution < -0.4 is 0 Å². The minimum Gasteiger partial charge on any atom is -0.456 e.